The van der Waals surface area contributed by atoms with E-state index >= 15 is 0 Å². The highest BCUT2D eigenvalue weighted by Gasteiger charge is 2.65. The minimum Gasteiger partial charge on any atom is -0.469 e. The van der Waals surface area contributed by atoms with Crippen LogP contribution in [0.25, 0.3) is 0 Å². The van der Waals surface area contributed by atoms with Gasteiger partial charge in [0.25, 0.3) is 0 Å². The van der Waals surface area contributed by atoms with Gasteiger partial charge in [-0.25, -0.2) is 0 Å². The van der Waals surface area contributed by atoms with Gasteiger partial charge in [0, 0.05) is 43.5 Å². The molecule has 0 bridgehead atoms. The number of nitrogens with one attached hydrogen (secondary N) is 2. The average Bonchev–Trinajstić information content (AvgIpc) is 3.31. The van der Waals surface area contributed by atoms with Crippen LogP contribution < -0.4 is 10.6 Å². The lowest BCUT2D eigenvalue weighted by Gasteiger charge is -2.57. The van der Waals surface area contributed by atoms with E-state index in [1.165, 1.54) is 32.1 Å². The van der Waals surface area contributed by atoms with E-state index < -0.39 is 0 Å². The summed E-state index contributed by atoms with van der Waals surface area (Å²) in [5, 5.41) is 7.18. The SMILES string of the molecule is CCNC(=NCCc1ccco1)NC1C2CCOC2C12CCCC2. The number of ether oxygens (including phenoxy) is 1. The topological polar surface area (TPSA) is 58.8 Å². The maximum Gasteiger partial charge on any atom is 0.191 e. The maximum atomic E-state index is 6.08. The Morgan fingerprint density at radius 1 is 1.38 bits per heavy atom. The third-order valence-corrected chi connectivity index (χ3v) is 6.13. The standard InChI is InChI=1S/C19H29N3O2/c1-2-20-18(21-11-7-14-6-5-12-23-14)22-16-15-8-13-24-17(15)19(16)9-3-4-10-19/h5-6,12,15-17H,2-4,7-11,13H2,1H3,(H2,20,21,22). The van der Waals surface area contributed by atoms with Crippen LogP contribution in [0.15, 0.2) is 27.8 Å². The Labute approximate surface area is 144 Å². The molecule has 1 aromatic rings. The van der Waals surface area contributed by atoms with Gasteiger partial charge in [-0.1, -0.05) is 12.8 Å². The molecular formula is C19H29N3O2. The van der Waals surface area contributed by atoms with Crippen molar-refractivity contribution in [2.75, 3.05) is 19.7 Å². The molecule has 2 aliphatic carbocycles. The van der Waals surface area contributed by atoms with Gasteiger partial charge >= 0.3 is 0 Å². The number of fused-ring (bicyclic) bond motifs is 2. The van der Waals surface area contributed by atoms with Crippen molar-refractivity contribution in [1.82, 2.24) is 10.6 Å². The minimum absolute atomic E-state index is 0.359. The fourth-order valence-corrected chi connectivity index (χ4v) is 5.10. The summed E-state index contributed by atoms with van der Waals surface area (Å²) in [5.74, 6) is 2.61. The number of hydrogen-bond acceptors (Lipinski definition) is 3. The predicted octanol–water partition coefficient (Wildman–Crippen LogP) is 2.72. The smallest absolute Gasteiger partial charge is 0.191 e. The largest absolute Gasteiger partial charge is 0.469 e. The zero-order chi connectivity index (χ0) is 16.4. The maximum absolute atomic E-state index is 6.08. The summed E-state index contributed by atoms with van der Waals surface area (Å²) >= 11 is 0. The number of guanidine groups is 1. The lowest BCUT2D eigenvalue weighted by Crippen LogP contribution is -2.69. The molecule has 1 saturated heterocycles. The van der Waals surface area contributed by atoms with Gasteiger partial charge in [0.2, 0.25) is 0 Å². The van der Waals surface area contributed by atoms with Crippen molar-refractivity contribution in [2.45, 2.75) is 57.6 Å². The van der Waals surface area contributed by atoms with Gasteiger partial charge < -0.3 is 19.8 Å². The predicted molar refractivity (Wildman–Crippen MR) is 94.1 cm³/mol. The number of furan rings is 1. The van der Waals surface area contributed by atoms with E-state index in [0.29, 0.717) is 23.5 Å². The van der Waals surface area contributed by atoms with E-state index in [-0.39, 0.29) is 0 Å². The molecule has 3 unspecified atom stereocenters. The Morgan fingerprint density at radius 2 is 2.25 bits per heavy atom. The van der Waals surface area contributed by atoms with Crippen LogP contribution in [0.2, 0.25) is 0 Å². The van der Waals surface area contributed by atoms with E-state index in [1.54, 1.807) is 6.26 Å². The van der Waals surface area contributed by atoms with Crippen LogP contribution >= 0.6 is 0 Å². The molecule has 24 heavy (non-hydrogen) atoms. The van der Waals surface area contributed by atoms with Crippen molar-refractivity contribution < 1.29 is 9.15 Å². The van der Waals surface area contributed by atoms with Crippen molar-refractivity contribution in [3.05, 3.63) is 24.2 Å². The molecule has 5 nitrogen and oxygen atoms in total. The first-order valence-electron chi connectivity index (χ1n) is 9.52. The molecule has 2 N–H and O–H groups in total. The quantitative estimate of drug-likeness (QED) is 0.643. The summed E-state index contributed by atoms with van der Waals surface area (Å²) in [6, 6.07) is 4.46. The first-order valence-corrected chi connectivity index (χ1v) is 9.52. The van der Waals surface area contributed by atoms with Crippen molar-refractivity contribution in [3.8, 4) is 0 Å². The van der Waals surface area contributed by atoms with E-state index in [4.69, 9.17) is 14.1 Å². The number of nitrogens with zero attached hydrogens (tertiary/aromatic N) is 1. The summed E-state index contributed by atoms with van der Waals surface area (Å²) in [5.41, 5.74) is 0.359. The molecule has 5 heteroatoms. The molecule has 3 aliphatic rings. The molecule has 1 spiro atoms. The Morgan fingerprint density at radius 3 is 3.00 bits per heavy atom. The van der Waals surface area contributed by atoms with Crippen LogP contribution in [0.3, 0.4) is 0 Å². The molecule has 3 fully saturated rings. The lowest BCUT2D eigenvalue weighted by atomic mass is 9.54. The molecule has 0 amide bonds. The van der Waals surface area contributed by atoms with Gasteiger partial charge in [-0.2, -0.15) is 0 Å². The average molecular weight is 331 g/mol. The van der Waals surface area contributed by atoms with Gasteiger partial charge in [0.05, 0.1) is 12.4 Å². The van der Waals surface area contributed by atoms with E-state index in [9.17, 15) is 0 Å². The van der Waals surface area contributed by atoms with Crippen molar-refractivity contribution in [3.63, 3.8) is 0 Å². The summed E-state index contributed by atoms with van der Waals surface area (Å²) in [6.45, 7) is 4.68. The Bertz CT molecular complexity index is 563. The highest BCUT2D eigenvalue weighted by atomic mass is 16.5. The Hall–Kier alpha value is -1.49. The second kappa shape index (κ2) is 6.79. The molecule has 2 saturated carbocycles. The normalized spacial score (nSPS) is 31.0. The van der Waals surface area contributed by atoms with Crippen molar-refractivity contribution in [1.29, 1.82) is 0 Å². The Balaban J connectivity index is 1.42. The highest BCUT2D eigenvalue weighted by molar-refractivity contribution is 5.80. The number of aliphatic imine (C=N–C) groups is 1. The minimum atomic E-state index is 0.359. The van der Waals surface area contributed by atoms with Crippen LogP contribution in [-0.4, -0.2) is 37.8 Å². The zero-order valence-corrected chi connectivity index (χ0v) is 14.6. The fourth-order valence-electron chi connectivity index (χ4n) is 5.10. The highest BCUT2D eigenvalue weighted by Crippen LogP contribution is 2.60. The molecule has 2 heterocycles. The third-order valence-electron chi connectivity index (χ3n) is 6.13. The van der Waals surface area contributed by atoms with Crippen LogP contribution in [0.5, 0.6) is 0 Å². The molecule has 0 aromatic carbocycles. The van der Waals surface area contributed by atoms with Crippen LogP contribution in [-0.2, 0) is 11.2 Å². The molecule has 1 aliphatic heterocycles. The van der Waals surface area contributed by atoms with Gasteiger partial charge in [0.15, 0.2) is 5.96 Å². The molecule has 132 valence electrons. The molecule has 1 aromatic heterocycles. The van der Waals surface area contributed by atoms with E-state index in [0.717, 1.165) is 37.8 Å². The molecule has 4 rings (SSSR count). The monoisotopic (exact) mass is 331 g/mol. The zero-order valence-electron chi connectivity index (χ0n) is 14.6. The molecular weight excluding hydrogens is 302 g/mol. The molecule has 0 radical (unpaired) electrons. The first-order chi connectivity index (χ1) is 11.8. The van der Waals surface area contributed by atoms with Gasteiger partial charge in [-0.15, -0.1) is 0 Å². The van der Waals surface area contributed by atoms with Gasteiger partial charge in [-0.3, -0.25) is 4.99 Å². The second-order valence-electron chi connectivity index (χ2n) is 7.40. The number of rotatable bonds is 5. The van der Waals surface area contributed by atoms with Gasteiger partial charge in [0.1, 0.15) is 5.76 Å². The van der Waals surface area contributed by atoms with Crippen molar-refractivity contribution in [2.24, 2.45) is 16.3 Å². The Kier molecular flexibility index (Phi) is 4.53. The van der Waals surface area contributed by atoms with Crippen LogP contribution in [0.1, 0.15) is 44.8 Å². The molecule has 3 atom stereocenters. The van der Waals surface area contributed by atoms with Crippen molar-refractivity contribution >= 4 is 5.96 Å². The van der Waals surface area contributed by atoms with Crippen LogP contribution in [0.4, 0.5) is 0 Å². The fraction of sp³-hybridized carbons (Fsp3) is 0.737. The second-order valence-corrected chi connectivity index (χ2v) is 7.40. The van der Waals surface area contributed by atoms with Gasteiger partial charge in [-0.05, 0) is 38.3 Å². The summed E-state index contributed by atoms with van der Waals surface area (Å²) < 4.78 is 11.5. The summed E-state index contributed by atoms with van der Waals surface area (Å²) in [4.78, 5) is 4.77. The van der Waals surface area contributed by atoms with E-state index in [1.807, 2.05) is 12.1 Å². The first kappa shape index (κ1) is 16.0. The lowest BCUT2D eigenvalue weighted by molar-refractivity contribution is -0.125. The third kappa shape index (κ3) is 2.73. The van der Waals surface area contributed by atoms with Crippen LogP contribution in [0, 0.1) is 11.3 Å². The summed E-state index contributed by atoms with van der Waals surface area (Å²) in [6.07, 6.45) is 9.54. The van der Waals surface area contributed by atoms with E-state index in [2.05, 4.69) is 17.6 Å². The number of hydrogen-bond donors (Lipinski definition) is 2. The summed E-state index contributed by atoms with van der Waals surface area (Å²) in [7, 11) is 0.